The van der Waals surface area contributed by atoms with Crippen LogP contribution in [0.2, 0.25) is 0 Å². The second-order valence-electron chi connectivity index (χ2n) is 9.26. The largest absolute Gasteiger partial charge is 0.493 e. The Morgan fingerprint density at radius 2 is 1.73 bits per heavy atom. The van der Waals surface area contributed by atoms with Gasteiger partial charge in [0.2, 0.25) is 11.9 Å². The van der Waals surface area contributed by atoms with E-state index in [2.05, 4.69) is 14.9 Å². The first-order valence-corrected chi connectivity index (χ1v) is 12.3. The number of fused-ring (bicyclic) bond motifs is 1. The molecule has 2 aliphatic rings. The van der Waals surface area contributed by atoms with Crippen LogP contribution in [0.25, 0.3) is 10.9 Å². The van der Waals surface area contributed by atoms with Crippen molar-refractivity contribution in [3.05, 3.63) is 47.5 Å². The lowest BCUT2D eigenvalue weighted by Gasteiger charge is -2.40. The molecule has 0 bridgehead atoms. The van der Waals surface area contributed by atoms with Crippen LogP contribution in [0, 0.1) is 11.6 Å². The molecule has 2 fully saturated rings. The molecular weight excluding hydrogens is 482 g/mol. The van der Waals surface area contributed by atoms with E-state index in [1.807, 2.05) is 9.80 Å². The molecule has 2 aliphatic heterocycles. The number of ether oxygens (including phenoxy) is 2. The number of hydrogen-bond acceptors (Lipinski definition) is 8. The molecule has 196 valence electrons. The van der Waals surface area contributed by atoms with E-state index in [0.29, 0.717) is 43.9 Å². The van der Waals surface area contributed by atoms with E-state index in [0.717, 1.165) is 25.1 Å². The molecule has 3 aromatic rings. The quantitative estimate of drug-likeness (QED) is 0.516. The summed E-state index contributed by atoms with van der Waals surface area (Å²) in [6, 6.07) is 7.88. The summed E-state index contributed by atoms with van der Waals surface area (Å²) in [7, 11) is 2.78. The highest BCUT2D eigenvalue weighted by Crippen LogP contribution is 2.37. The molecule has 3 heterocycles. The molecule has 1 atom stereocenters. The first-order valence-electron chi connectivity index (χ1n) is 12.3. The number of halogens is 2. The Bertz CT molecular complexity index is 1290. The van der Waals surface area contributed by atoms with Crippen molar-refractivity contribution in [3.63, 3.8) is 0 Å². The summed E-state index contributed by atoms with van der Waals surface area (Å²) in [5.41, 5.74) is 7.15. The molecule has 37 heavy (non-hydrogen) atoms. The highest BCUT2D eigenvalue weighted by Gasteiger charge is 2.31. The molecule has 1 amide bonds. The molecule has 5 rings (SSSR count). The zero-order chi connectivity index (χ0) is 26.1. The van der Waals surface area contributed by atoms with Crippen molar-refractivity contribution < 1.29 is 23.0 Å². The number of carbonyl (C=O) groups excluding carboxylic acids is 1. The predicted molar refractivity (Wildman–Crippen MR) is 136 cm³/mol. The van der Waals surface area contributed by atoms with E-state index in [1.54, 1.807) is 18.2 Å². The number of nitrogens with zero attached hydrogens (tertiary/aromatic N) is 5. The molecule has 0 unspecified atom stereocenters. The van der Waals surface area contributed by atoms with Crippen molar-refractivity contribution in [1.82, 2.24) is 19.8 Å². The van der Waals surface area contributed by atoms with E-state index < -0.39 is 5.82 Å². The molecule has 2 N–H and O–H groups in total. The van der Waals surface area contributed by atoms with Gasteiger partial charge in [-0.1, -0.05) is 12.1 Å². The molecule has 1 aromatic heterocycles. The fourth-order valence-corrected chi connectivity index (χ4v) is 4.93. The number of methoxy groups -OCH3 is 2. The van der Waals surface area contributed by atoms with Crippen LogP contribution in [0.3, 0.4) is 0 Å². The van der Waals surface area contributed by atoms with E-state index in [1.165, 1.54) is 26.4 Å². The SMILES string of the molecule is COc1cc2c(N)nc(N3CCN(C(=O)C[C@H](c4ccc(F)cc4)N4CCC4)CC3)nc2c(F)c1OC. The summed E-state index contributed by atoms with van der Waals surface area (Å²) < 4.78 is 38.9. The van der Waals surface area contributed by atoms with Gasteiger partial charge in [0.05, 0.1) is 14.2 Å². The number of nitrogen functional groups attached to an aromatic ring is 1. The Labute approximate surface area is 213 Å². The third-order valence-electron chi connectivity index (χ3n) is 7.16. The van der Waals surface area contributed by atoms with Gasteiger partial charge < -0.3 is 25.0 Å². The van der Waals surface area contributed by atoms with E-state index in [-0.39, 0.29) is 40.6 Å². The summed E-state index contributed by atoms with van der Waals surface area (Å²) in [5.74, 6) is -0.320. The van der Waals surface area contributed by atoms with Crippen LogP contribution < -0.4 is 20.1 Å². The van der Waals surface area contributed by atoms with Crippen LogP contribution in [-0.4, -0.2) is 79.2 Å². The Hall–Kier alpha value is -3.73. The van der Waals surface area contributed by atoms with Crippen LogP contribution in [0.15, 0.2) is 30.3 Å². The minimum atomic E-state index is -0.668. The van der Waals surface area contributed by atoms with Gasteiger partial charge in [-0.15, -0.1) is 0 Å². The second-order valence-corrected chi connectivity index (χ2v) is 9.26. The van der Waals surface area contributed by atoms with Gasteiger partial charge >= 0.3 is 0 Å². The molecule has 0 saturated carbocycles. The van der Waals surface area contributed by atoms with Crippen LogP contribution >= 0.6 is 0 Å². The molecule has 0 spiro atoms. The lowest BCUT2D eigenvalue weighted by molar-refractivity contribution is -0.133. The monoisotopic (exact) mass is 512 g/mol. The predicted octanol–water partition coefficient (Wildman–Crippen LogP) is 2.99. The first-order chi connectivity index (χ1) is 17.9. The van der Waals surface area contributed by atoms with Crippen molar-refractivity contribution in [3.8, 4) is 11.5 Å². The van der Waals surface area contributed by atoms with Crippen molar-refractivity contribution in [2.75, 3.05) is 64.1 Å². The number of carbonyl (C=O) groups is 1. The smallest absolute Gasteiger partial charge is 0.228 e. The Morgan fingerprint density at radius 1 is 1.03 bits per heavy atom. The number of anilines is 2. The number of nitrogens with two attached hydrogens (primary N) is 1. The second kappa shape index (κ2) is 10.3. The van der Waals surface area contributed by atoms with E-state index in [9.17, 15) is 9.18 Å². The molecule has 9 nitrogen and oxygen atoms in total. The Balaban J connectivity index is 1.29. The fourth-order valence-electron chi connectivity index (χ4n) is 4.93. The molecule has 0 aliphatic carbocycles. The van der Waals surface area contributed by atoms with Crippen LogP contribution in [0.4, 0.5) is 20.5 Å². The highest BCUT2D eigenvalue weighted by atomic mass is 19.1. The minimum absolute atomic E-state index is 0.0442. The normalized spacial score (nSPS) is 17.0. The average molecular weight is 513 g/mol. The first kappa shape index (κ1) is 24.9. The van der Waals surface area contributed by atoms with Crippen molar-refractivity contribution in [2.45, 2.75) is 18.9 Å². The minimum Gasteiger partial charge on any atom is -0.493 e. The zero-order valence-electron chi connectivity index (χ0n) is 20.9. The molecule has 11 heteroatoms. The number of hydrogen-bond donors (Lipinski definition) is 1. The van der Waals surface area contributed by atoms with Gasteiger partial charge in [0, 0.05) is 44.0 Å². The fraction of sp³-hybridized carbons (Fsp3) is 0.423. The highest BCUT2D eigenvalue weighted by molar-refractivity contribution is 5.92. The number of amides is 1. The third kappa shape index (κ3) is 4.83. The molecular formula is C26H30F2N6O3. The van der Waals surface area contributed by atoms with Gasteiger partial charge in [-0.3, -0.25) is 9.69 Å². The maximum Gasteiger partial charge on any atom is 0.228 e. The molecule has 2 aromatic carbocycles. The standard InChI is InChI=1S/C26H30F2N6O3/c1-36-20-14-18-23(22(28)24(20)37-2)30-26(31-25(18)29)34-12-10-33(11-13-34)21(35)15-19(32-8-3-9-32)16-4-6-17(27)7-5-16/h4-7,14,19H,3,8-13,15H2,1-2H3,(H2,29,30,31)/t19-/m1/s1. The summed E-state index contributed by atoms with van der Waals surface area (Å²) >= 11 is 0. The lowest BCUT2D eigenvalue weighted by Crippen LogP contribution is -2.50. The lowest BCUT2D eigenvalue weighted by atomic mass is 9.98. The van der Waals surface area contributed by atoms with Gasteiger partial charge in [0.25, 0.3) is 0 Å². The van der Waals surface area contributed by atoms with Crippen molar-refractivity contribution in [2.24, 2.45) is 0 Å². The summed E-state index contributed by atoms with van der Waals surface area (Å²) in [6.07, 6.45) is 1.43. The summed E-state index contributed by atoms with van der Waals surface area (Å²) in [4.78, 5) is 28.0. The third-order valence-corrected chi connectivity index (χ3v) is 7.16. The van der Waals surface area contributed by atoms with Gasteiger partial charge in [-0.05, 0) is 43.3 Å². The van der Waals surface area contributed by atoms with E-state index in [4.69, 9.17) is 15.2 Å². The van der Waals surface area contributed by atoms with Crippen LogP contribution in [-0.2, 0) is 4.79 Å². The number of likely N-dealkylation sites (tertiary alicyclic amines) is 1. The van der Waals surface area contributed by atoms with Crippen molar-refractivity contribution >= 4 is 28.6 Å². The molecule has 0 radical (unpaired) electrons. The van der Waals surface area contributed by atoms with Crippen LogP contribution in [0.1, 0.15) is 24.4 Å². The van der Waals surface area contributed by atoms with Crippen LogP contribution in [0.5, 0.6) is 11.5 Å². The zero-order valence-corrected chi connectivity index (χ0v) is 20.9. The van der Waals surface area contributed by atoms with Gasteiger partial charge in [0.15, 0.2) is 17.3 Å². The average Bonchev–Trinajstić information content (AvgIpc) is 2.88. The van der Waals surface area contributed by atoms with Gasteiger partial charge in [-0.25, -0.2) is 13.8 Å². The van der Waals surface area contributed by atoms with Crippen molar-refractivity contribution in [1.29, 1.82) is 0 Å². The maximum absolute atomic E-state index is 15.1. The number of benzene rings is 2. The topological polar surface area (TPSA) is 97.0 Å². The Morgan fingerprint density at radius 3 is 2.32 bits per heavy atom. The summed E-state index contributed by atoms with van der Waals surface area (Å²) in [6.45, 7) is 3.77. The van der Waals surface area contributed by atoms with Gasteiger partial charge in [-0.2, -0.15) is 4.98 Å². The van der Waals surface area contributed by atoms with E-state index >= 15 is 4.39 Å². The maximum atomic E-state index is 15.1. The Kier molecular flexibility index (Phi) is 6.96. The molecule has 2 saturated heterocycles. The summed E-state index contributed by atoms with van der Waals surface area (Å²) in [5, 5.41) is 0.338. The van der Waals surface area contributed by atoms with Gasteiger partial charge in [0.1, 0.15) is 17.2 Å². The number of piperazine rings is 1. The number of aromatic nitrogens is 2. The number of rotatable bonds is 7.